The van der Waals surface area contributed by atoms with E-state index in [0.29, 0.717) is 5.02 Å². The van der Waals surface area contributed by atoms with E-state index < -0.39 is 42.6 Å². The Labute approximate surface area is 200 Å². The number of aliphatic hydroxyl groups is 1. The molecule has 2 aromatic rings. The van der Waals surface area contributed by atoms with Gasteiger partial charge in [0.25, 0.3) is 5.91 Å². The molecule has 1 fully saturated rings. The molecule has 3 aliphatic heterocycles. The van der Waals surface area contributed by atoms with Gasteiger partial charge in [0, 0.05) is 27.9 Å². The van der Waals surface area contributed by atoms with Crippen molar-refractivity contribution >= 4 is 35.1 Å². The first kappa shape index (κ1) is 22.4. The van der Waals surface area contributed by atoms with Crippen molar-refractivity contribution in [2.75, 3.05) is 13.3 Å². The van der Waals surface area contributed by atoms with Gasteiger partial charge in [0.2, 0.25) is 0 Å². The Morgan fingerprint density at radius 2 is 2.00 bits per heavy atom. The maximum absolute atomic E-state index is 13.7. The number of hydrogen-bond acceptors (Lipinski definition) is 6. The van der Waals surface area contributed by atoms with Crippen molar-refractivity contribution in [2.45, 2.75) is 41.8 Å². The lowest BCUT2D eigenvalue weighted by atomic mass is 9.93. The summed E-state index contributed by atoms with van der Waals surface area (Å²) in [4.78, 5) is 28.0. The number of thioether (sulfide) groups is 1. The van der Waals surface area contributed by atoms with E-state index in [4.69, 9.17) is 11.6 Å². The van der Waals surface area contributed by atoms with E-state index in [1.54, 1.807) is 23.7 Å². The summed E-state index contributed by atoms with van der Waals surface area (Å²) < 4.78 is 13.7. The highest BCUT2D eigenvalue weighted by Gasteiger charge is 2.50. The fourth-order valence-corrected chi connectivity index (χ4v) is 6.11. The molecule has 1 N–H and O–H groups in total. The molecule has 2 aromatic carbocycles. The first-order valence-corrected chi connectivity index (χ1v) is 12.1. The second-order valence-electron chi connectivity index (χ2n) is 8.42. The van der Waals surface area contributed by atoms with Gasteiger partial charge in [-0.2, -0.15) is 5.01 Å². The third-order valence-corrected chi connectivity index (χ3v) is 7.93. The number of fused-ring (bicyclic) bond motifs is 3. The lowest BCUT2D eigenvalue weighted by molar-refractivity contribution is -0.189. The van der Waals surface area contributed by atoms with Crippen LogP contribution in [0.4, 0.5) is 4.39 Å². The Kier molecular flexibility index (Phi) is 5.95. The van der Waals surface area contributed by atoms with Gasteiger partial charge in [-0.3, -0.25) is 14.6 Å². The zero-order valence-electron chi connectivity index (χ0n) is 17.9. The lowest BCUT2D eigenvalue weighted by Gasteiger charge is -2.53. The van der Waals surface area contributed by atoms with Gasteiger partial charge in [-0.1, -0.05) is 41.9 Å². The molecule has 0 spiro atoms. The first-order chi connectivity index (χ1) is 15.9. The summed E-state index contributed by atoms with van der Waals surface area (Å²) in [6, 6.07) is 11.5. The van der Waals surface area contributed by atoms with E-state index in [1.807, 2.05) is 47.5 Å². The summed E-state index contributed by atoms with van der Waals surface area (Å²) >= 11 is 8.47. The number of carbonyl (C=O) groups excluding carboxylic acids is 2. The molecular weight excluding hydrogens is 465 g/mol. The monoisotopic (exact) mass is 487 g/mol. The molecule has 2 unspecified atom stereocenters. The van der Waals surface area contributed by atoms with Crippen molar-refractivity contribution in [2.24, 2.45) is 0 Å². The van der Waals surface area contributed by atoms with Gasteiger partial charge in [-0.05, 0) is 35.7 Å². The van der Waals surface area contributed by atoms with E-state index in [2.05, 4.69) is 0 Å². The Bertz CT molecular complexity index is 1150. The minimum absolute atomic E-state index is 0.0833. The van der Waals surface area contributed by atoms with E-state index >= 15 is 0 Å². The molecule has 4 atom stereocenters. The minimum Gasteiger partial charge on any atom is -0.382 e. The molecule has 0 aromatic heterocycles. The highest BCUT2D eigenvalue weighted by atomic mass is 35.5. The van der Waals surface area contributed by atoms with Crippen LogP contribution >= 0.6 is 23.4 Å². The molecule has 172 valence electrons. The number of halogens is 2. The van der Waals surface area contributed by atoms with Crippen LogP contribution in [0.1, 0.15) is 29.7 Å². The van der Waals surface area contributed by atoms with Crippen molar-refractivity contribution in [3.05, 3.63) is 76.5 Å². The first-order valence-electron chi connectivity index (χ1n) is 10.7. The fourth-order valence-electron chi connectivity index (χ4n) is 4.73. The van der Waals surface area contributed by atoms with E-state index in [-0.39, 0.29) is 6.67 Å². The molecule has 5 rings (SSSR count). The molecule has 0 bridgehead atoms. The topological polar surface area (TPSA) is 64.1 Å². The minimum atomic E-state index is -1.54. The van der Waals surface area contributed by atoms with Crippen molar-refractivity contribution in [3.63, 3.8) is 0 Å². The van der Waals surface area contributed by atoms with Crippen LogP contribution in [-0.2, 0) is 15.3 Å². The lowest BCUT2D eigenvalue weighted by Crippen LogP contribution is -2.70. The average Bonchev–Trinajstić information content (AvgIpc) is 2.99. The molecule has 1 saturated heterocycles. The quantitative estimate of drug-likeness (QED) is 0.714. The molecule has 9 heteroatoms. The van der Waals surface area contributed by atoms with Gasteiger partial charge in [0.1, 0.15) is 12.8 Å². The summed E-state index contributed by atoms with van der Waals surface area (Å²) in [6.07, 6.45) is 1.27. The van der Waals surface area contributed by atoms with E-state index in [1.165, 1.54) is 17.2 Å². The standard InChI is InChI=1S/C24H23ClFN3O3S/c1-14(11-26)27-13-29(28-10-9-18(30)23(31)22(28)24(27)32)21-16-6-2-3-8-19(16)33-12-15-5-4-7-17(25)20(15)21/h2-10,14,21-23,31H,11-13H2,1H3/t14-,21-,22?,23?/m0/s1. The molecule has 6 nitrogen and oxygen atoms in total. The number of aliphatic hydroxyl groups excluding tert-OH is 1. The second-order valence-corrected chi connectivity index (χ2v) is 9.85. The van der Waals surface area contributed by atoms with Crippen LogP contribution in [0.5, 0.6) is 0 Å². The highest BCUT2D eigenvalue weighted by Crippen LogP contribution is 2.46. The molecule has 1 amide bonds. The van der Waals surface area contributed by atoms with Crippen LogP contribution in [-0.4, -0.2) is 63.2 Å². The number of hydrazine groups is 1. The summed E-state index contributed by atoms with van der Waals surface area (Å²) in [5, 5.41) is 14.8. The number of hydrogen-bond donors (Lipinski definition) is 1. The molecule has 3 aliphatic rings. The summed E-state index contributed by atoms with van der Waals surface area (Å²) in [6.45, 7) is 0.969. The number of carbonyl (C=O) groups is 2. The SMILES string of the molecule is C[C@@H](CF)N1CN([C@H]2c3ccccc3SCc3cccc(Cl)c32)N2C=CC(=O)C(O)C2C1=O. The number of alkyl halides is 1. The van der Waals surface area contributed by atoms with Crippen molar-refractivity contribution in [1.82, 2.24) is 14.9 Å². The Morgan fingerprint density at radius 1 is 1.21 bits per heavy atom. The van der Waals surface area contributed by atoms with Crippen LogP contribution in [0.25, 0.3) is 0 Å². The zero-order valence-corrected chi connectivity index (χ0v) is 19.5. The fraction of sp³-hybridized carbons (Fsp3) is 0.333. The number of amides is 1. The third-order valence-electron chi connectivity index (χ3n) is 6.46. The predicted octanol–water partition coefficient (Wildman–Crippen LogP) is 3.54. The molecule has 3 heterocycles. The van der Waals surface area contributed by atoms with Crippen molar-refractivity contribution in [3.8, 4) is 0 Å². The smallest absolute Gasteiger partial charge is 0.251 e. The maximum Gasteiger partial charge on any atom is 0.251 e. The maximum atomic E-state index is 13.7. The number of ketones is 1. The molecule has 0 radical (unpaired) electrons. The van der Waals surface area contributed by atoms with Crippen molar-refractivity contribution < 1.29 is 19.1 Å². The van der Waals surface area contributed by atoms with Crippen molar-refractivity contribution in [1.29, 1.82) is 0 Å². The van der Waals surface area contributed by atoms with Gasteiger partial charge in [0.05, 0.1) is 18.8 Å². The number of rotatable bonds is 3. The van der Waals surface area contributed by atoms with Gasteiger partial charge in [-0.15, -0.1) is 11.8 Å². The predicted molar refractivity (Wildman–Crippen MR) is 124 cm³/mol. The second kappa shape index (κ2) is 8.76. The third kappa shape index (κ3) is 3.65. The Morgan fingerprint density at radius 3 is 2.79 bits per heavy atom. The van der Waals surface area contributed by atoms with Crippen LogP contribution < -0.4 is 0 Å². The van der Waals surface area contributed by atoms with E-state index in [0.717, 1.165) is 27.3 Å². The molecule has 0 saturated carbocycles. The van der Waals surface area contributed by atoms with Crippen LogP contribution in [0, 0.1) is 0 Å². The van der Waals surface area contributed by atoms with Crippen LogP contribution in [0.15, 0.2) is 59.6 Å². The highest BCUT2D eigenvalue weighted by molar-refractivity contribution is 7.98. The molecule has 0 aliphatic carbocycles. The summed E-state index contributed by atoms with van der Waals surface area (Å²) in [5.74, 6) is -0.298. The normalized spacial score (nSPS) is 25.9. The summed E-state index contributed by atoms with van der Waals surface area (Å²) in [7, 11) is 0. The van der Waals surface area contributed by atoms with Gasteiger partial charge in [0.15, 0.2) is 11.8 Å². The van der Waals surface area contributed by atoms with Crippen LogP contribution in [0.2, 0.25) is 5.02 Å². The number of nitrogens with zero attached hydrogens (tertiary/aromatic N) is 3. The Hall–Kier alpha value is -2.39. The summed E-state index contributed by atoms with van der Waals surface area (Å²) in [5.41, 5.74) is 2.96. The van der Waals surface area contributed by atoms with Gasteiger partial charge < -0.3 is 10.0 Å². The average molecular weight is 488 g/mol. The van der Waals surface area contributed by atoms with Gasteiger partial charge >= 0.3 is 0 Å². The largest absolute Gasteiger partial charge is 0.382 e. The molecule has 33 heavy (non-hydrogen) atoms. The van der Waals surface area contributed by atoms with E-state index in [9.17, 15) is 19.1 Å². The molecular formula is C24H23ClFN3O3S. The zero-order chi connectivity index (χ0) is 23.3. The Balaban J connectivity index is 1.72. The number of benzene rings is 2. The van der Waals surface area contributed by atoms with Gasteiger partial charge in [-0.25, -0.2) is 4.39 Å². The van der Waals surface area contributed by atoms with Crippen LogP contribution in [0.3, 0.4) is 0 Å².